The molecule has 2 amide bonds. The van der Waals surface area contributed by atoms with Gasteiger partial charge in [-0.25, -0.2) is 0 Å². The van der Waals surface area contributed by atoms with Gasteiger partial charge in [0.1, 0.15) is 0 Å². The normalized spacial score (nSPS) is 14.5. The summed E-state index contributed by atoms with van der Waals surface area (Å²) >= 11 is 0. The van der Waals surface area contributed by atoms with E-state index in [2.05, 4.69) is 39.8 Å². The van der Waals surface area contributed by atoms with Gasteiger partial charge in [0.15, 0.2) is 5.78 Å². The third-order valence-electron chi connectivity index (χ3n) is 7.23. The van der Waals surface area contributed by atoms with Crippen LogP contribution < -0.4 is 10.6 Å². The minimum Gasteiger partial charge on any atom is -0.345 e. The Bertz CT molecular complexity index is 1300. The summed E-state index contributed by atoms with van der Waals surface area (Å²) in [7, 11) is 0. The standard InChI is InChI=1S/C34H39N3O3/c1-2-11-31(32(38)24-35-33(39)29-13-5-3-6-14-29)36-34(40)30-15-8-7-12-28(30)21-20-26-16-18-27(19-17-26)25-37-22-9-4-10-23-37/h3,5-8,12-21,31H,2,4,9-11,22-25H2,1H3,(H,35,39)(H,36,40). The molecule has 1 saturated heterocycles. The second-order valence-electron chi connectivity index (χ2n) is 10.3. The van der Waals surface area contributed by atoms with E-state index in [1.165, 1.54) is 37.9 Å². The Morgan fingerprint density at radius 2 is 1.52 bits per heavy atom. The zero-order valence-corrected chi connectivity index (χ0v) is 23.3. The van der Waals surface area contributed by atoms with Crippen molar-refractivity contribution in [2.24, 2.45) is 0 Å². The van der Waals surface area contributed by atoms with Gasteiger partial charge >= 0.3 is 0 Å². The lowest BCUT2D eigenvalue weighted by atomic mass is 10.0. The monoisotopic (exact) mass is 537 g/mol. The fourth-order valence-electron chi connectivity index (χ4n) is 4.97. The number of likely N-dealkylation sites (tertiary alicyclic amines) is 1. The molecule has 3 aromatic rings. The van der Waals surface area contributed by atoms with Crippen LogP contribution in [0.25, 0.3) is 12.2 Å². The number of nitrogens with one attached hydrogen (secondary N) is 2. The third kappa shape index (κ3) is 8.48. The lowest BCUT2D eigenvalue weighted by molar-refractivity contribution is -0.120. The average Bonchev–Trinajstić information content (AvgIpc) is 3.00. The van der Waals surface area contributed by atoms with Crippen molar-refractivity contribution >= 4 is 29.7 Å². The molecule has 0 aromatic heterocycles. The largest absolute Gasteiger partial charge is 0.345 e. The molecule has 0 radical (unpaired) electrons. The van der Waals surface area contributed by atoms with Crippen LogP contribution in [0.1, 0.15) is 76.4 Å². The summed E-state index contributed by atoms with van der Waals surface area (Å²) in [6.07, 6.45) is 9.06. The molecule has 0 spiro atoms. The van der Waals surface area contributed by atoms with E-state index in [0.717, 1.165) is 24.1 Å². The molecule has 1 unspecified atom stereocenters. The lowest BCUT2D eigenvalue weighted by Crippen LogP contribution is -2.45. The number of carbonyl (C=O) groups is 3. The molecular weight excluding hydrogens is 498 g/mol. The molecule has 1 aliphatic rings. The van der Waals surface area contributed by atoms with Gasteiger partial charge in [0.25, 0.3) is 11.8 Å². The van der Waals surface area contributed by atoms with E-state index in [1.54, 1.807) is 30.3 Å². The van der Waals surface area contributed by atoms with E-state index in [0.29, 0.717) is 17.5 Å². The minimum atomic E-state index is -0.682. The van der Waals surface area contributed by atoms with Gasteiger partial charge in [-0.05, 0) is 67.2 Å². The first kappa shape index (κ1) is 29.0. The number of rotatable bonds is 12. The molecule has 0 aliphatic carbocycles. The number of piperidine rings is 1. The summed E-state index contributed by atoms with van der Waals surface area (Å²) in [6, 6.07) is 24.0. The number of nitrogens with zero attached hydrogens (tertiary/aromatic N) is 1. The van der Waals surface area contributed by atoms with Crippen molar-refractivity contribution in [2.75, 3.05) is 19.6 Å². The maximum atomic E-state index is 13.3. The first-order valence-electron chi connectivity index (χ1n) is 14.3. The molecule has 3 aromatic carbocycles. The number of hydrogen-bond acceptors (Lipinski definition) is 4. The SMILES string of the molecule is CCCC(NC(=O)c1ccccc1C=Cc1ccc(CN2CCCCC2)cc1)C(=O)CNC(=O)c1ccccc1. The van der Waals surface area contributed by atoms with Gasteiger partial charge in [0, 0.05) is 17.7 Å². The smallest absolute Gasteiger partial charge is 0.252 e. The van der Waals surface area contributed by atoms with E-state index in [9.17, 15) is 14.4 Å². The Hall–Kier alpha value is -4.03. The van der Waals surface area contributed by atoms with E-state index < -0.39 is 6.04 Å². The van der Waals surface area contributed by atoms with Gasteiger partial charge in [-0.1, -0.05) is 92.6 Å². The molecule has 1 heterocycles. The van der Waals surface area contributed by atoms with Crippen LogP contribution in [-0.2, 0) is 11.3 Å². The summed E-state index contributed by atoms with van der Waals surface area (Å²) in [5.74, 6) is -0.846. The number of hydrogen-bond donors (Lipinski definition) is 2. The molecule has 6 heteroatoms. The van der Waals surface area contributed by atoms with Gasteiger partial charge in [0.2, 0.25) is 0 Å². The summed E-state index contributed by atoms with van der Waals surface area (Å²) in [4.78, 5) is 41.1. The number of carbonyl (C=O) groups excluding carboxylic acids is 3. The van der Waals surface area contributed by atoms with Crippen molar-refractivity contribution in [1.29, 1.82) is 0 Å². The van der Waals surface area contributed by atoms with Crippen LogP contribution in [0.4, 0.5) is 0 Å². The zero-order valence-electron chi connectivity index (χ0n) is 23.3. The van der Waals surface area contributed by atoms with Crippen LogP contribution in [0.2, 0.25) is 0 Å². The van der Waals surface area contributed by atoms with E-state index >= 15 is 0 Å². The second kappa shape index (κ2) is 14.9. The van der Waals surface area contributed by atoms with Gasteiger partial charge in [-0.3, -0.25) is 19.3 Å². The second-order valence-corrected chi connectivity index (χ2v) is 10.3. The van der Waals surface area contributed by atoms with Crippen LogP contribution in [0, 0.1) is 0 Å². The Labute approximate surface area is 237 Å². The van der Waals surface area contributed by atoms with E-state index in [4.69, 9.17) is 0 Å². The van der Waals surface area contributed by atoms with Crippen LogP contribution in [0.15, 0.2) is 78.9 Å². The summed E-state index contributed by atoms with van der Waals surface area (Å²) < 4.78 is 0. The van der Waals surface area contributed by atoms with Crippen molar-refractivity contribution in [3.63, 3.8) is 0 Å². The lowest BCUT2D eigenvalue weighted by Gasteiger charge is -2.26. The average molecular weight is 538 g/mol. The summed E-state index contributed by atoms with van der Waals surface area (Å²) in [5.41, 5.74) is 4.14. The molecule has 6 nitrogen and oxygen atoms in total. The topological polar surface area (TPSA) is 78.5 Å². The molecule has 0 bridgehead atoms. The van der Waals surface area contributed by atoms with E-state index in [1.807, 2.05) is 43.3 Å². The Morgan fingerprint density at radius 3 is 2.25 bits per heavy atom. The van der Waals surface area contributed by atoms with Crippen molar-refractivity contribution in [3.8, 4) is 0 Å². The maximum Gasteiger partial charge on any atom is 0.252 e. The minimum absolute atomic E-state index is 0.145. The first-order chi connectivity index (χ1) is 19.5. The van der Waals surface area contributed by atoms with Crippen molar-refractivity contribution < 1.29 is 14.4 Å². The van der Waals surface area contributed by atoms with Crippen LogP contribution >= 0.6 is 0 Å². The van der Waals surface area contributed by atoms with Gasteiger partial charge < -0.3 is 10.6 Å². The fourth-order valence-corrected chi connectivity index (χ4v) is 4.97. The van der Waals surface area contributed by atoms with Gasteiger partial charge in [-0.15, -0.1) is 0 Å². The number of benzene rings is 3. The zero-order chi connectivity index (χ0) is 28.2. The molecule has 0 saturated carbocycles. The highest BCUT2D eigenvalue weighted by molar-refractivity contribution is 6.02. The Morgan fingerprint density at radius 1 is 0.825 bits per heavy atom. The molecule has 1 aliphatic heterocycles. The predicted octanol–water partition coefficient (Wildman–Crippen LogP) is 5.74. The highest BCUT2D eigenvalue weighted by Gasteiger charge is 2.22. The maximum absolute atomic E-state index is 13.3. The van der Waals surface area contributed by atoms with Crippen LogP contribution in [0.3, 0.4) is 0 Å². The molecule has 1 fully saturated rings. The highest BCUT2D eigenvalue weighted by atomic mass is 16.2. The van der Waals surface area contributed by atoms with Gasteiger partial charge in [0.05, 0.1) is 12.6 Å². The highest BCUT2D eigenvalue weighted by Crippen LogP contribution is 2.17. The molecule has 2 N–H and O–H groups in total. The fraction of sp³-hybridized carbons (Fsp3) is 0.324. The van der Waals surface area contributed by atoms with Gasteiger partial charge in [-0.2, -0.15) is 0 Å². The third-order valence-corrected chi connectivity index (χ3v) is 7.23. The van der Waals surface area contributed by atoms with Crippen molar-refractivity contribution in [1.82, 2.24) is 15.5 Å². The Balaban J connectivity index is 1.37. The van der Waals surface area contributed by atoms with Crippen molar-refractivity contribution in [2.45, 2.75) is 51.6 Å². The number of Topliss-reactive ketones (excluding diaryl/α,β-unsaturated/α-hetero) is 1. The molecule has 208 valence electrons. The summed E-state index contributed by atoms with van der Waals surface area (Å²) in [5, 5.41) is 5.58. The first-order valence-corrected chi connectivity index (χ1v) is 14.3. The van der Waals surface area contributed by atoms with E-state index in [-0.39, 0.29) is 24.1 Å². The number of amides is 2. The Kier molecular flexibility index (Phi) is 10.8. The van der Waals surface area contributed by atoms with Crippen molar-refractivity contribution in [3.05, 3.63) is 107 Å². The quantitative estimate of drug-likeness (QED) is 0.289. The molecule has 1 atom stereocenters. The van der Waals surface area contributed by atoms with Crippen LogP contribution in [0.5, 0.6) is 0 Å². The molecule has 40 heavy (non-hydrogen) atoms. The predicted molar refractivity (Wildman–Crippen MR) is 161 cm³/mol. The summed E-state index contributed by atoms with van der Waals surface area (Å²) in [6.45, 7) is 5.15. The number of ketones is 1. The molecular formula is C34H39N3O3. The van der Waals surface area contributed by atoms with Crippen LogP contribution in [-0.4, -0.2) is 48.2 Å². The molecule has 4 rings (SSSR count).